The maximum atomic E-state index is 13.6. The molecule has 3 rings (SSSR count). The fourth-order valence-corrected chi connectivity index (χ4v) is 2.64. The molecule has 0 amide bonds. The van der Waals surface area contributed by atoms with E-state index in [0.717, 1.165) is 6.07 Å². The standard InChI is InChI=1S/C13H6BrCl2FN4O/c14-5-3-6(11(18)19-4-5)12-20-21-13(22-12)9-7(15)1-2-8(17)10(9)16/h1-4H,(H2,18,19). The van der Waals surface area contributed by atoms with E-state index in [-0.39, 0.29) is 33.2 Å². The summed E-state index contributed by atoms with van der Waals surface area (Å²) in [4.78, 5) is 3.98. The van der Waals surface area contributed by atoms with Crippen molar-refractivity contribution >= 4 is 44.9 Å². The van der Waals surface area contributed by atoms with Crippen molar-refractivity contribution < 1.29 is 8.81 Å². The zero-order chi connectivity index (χ0) is 15.9. The highest BCUT2D eigenvalue weighted by Crippen LogP contribution is 2.37. The molecule has 0 bridgehead atoms. The molecule has 0 saturated carbocycles. The molecular formula is C13H6BrCl2FN4O. The molecule has 0 unspecified atom stereocenters. The van der Waals surface area contributed by atoms with E-state index >= 15 is 0 Å². The molecule has 22 heavy (non-hydrogen) atoms. The molecule has 0 radical (unpaired) electrons. The molecule has 1 aromatic carbocycles. The summed E-state index contributed by atoms with van der Waals surface area (Å²) in [6.07, 6.45) is 1.54. The second kappa shape index (κ2) is 5.83. The molecular weight excluding hydrogens is 398 g/mol. The number of anilines is 1. The number of hydrogen-bond donors (Lipinski definition) is 1. The van der Waals surface area contributed by atoms with Gasteiger partial charge in [0.15, 0.2) is 0 Å². The van der Waals surface area contributed by atoms with E-state index in [0.29, 0.717) is 10.0 Å². The largest absolute Gasteiger partial charge is 0.416 e. The number of nitrogens with zero attached hydrogens (tertiary/aromatic N) is 3. The molecule has 2 heterocycles. The van der Waals surface area contributed by atoms with Gasteiger partial charge >= 0.3 is 0 Å². The number of pyridine rings is 1. The second-order valence-corrected chi connectivity index (χ2v) is 5.92. The molecule has 0 fully saturated rings. The van der Waals surface area contributed by atoms with Gasteiger partial charge in [-0.3, -0.25) is 0 Å². The van der Waals surface area contributed by atoms with Gasteiger partial charge in [-0.1, -0.05) is 23.2 Å². The van der Waals surface area contributed by atoms with Crippen LogP contribution in [0.5, 0.6) is 0 Å². The van der Waals surface area contributed by atoms with Gasteiger partial charge in [-0.25, -0.2) is 9.37 Å². The van der Waals surface area contributed by atoms with E-state index in [9.17, 15) is 4.39 Å². The van der Waals surface area contributed by atoms with E-state index in [1.807, 2.05) is 0 Å². The van der Waals surface area contributed by atoms with Crippen molar-refractivity contribution in [1.29, 1.82) is 0 Å². The van der Waals surface area contributed by atoms with E-state index in [2.05, 4.69) is 31.1 Å². The van der Waals surface area contributed by atoms with Gasteiger partial charge in [0.1, 0.15) is 11.6 Å². The highest BCUT2D eigenvalue weighted by molar-refractivity contribution is 9.10. The molecule has 0 atom stereocenters. The molecule has 0 aliphatic carbocycles. The highest BCUT2D eigenvalue weighted by Gasteiger charge is 2.20. The Hall–Kier alpha value is -1.70. The van der Waals surface area contributed by atoms with Crippen LogP contribution in [0, 0.1) is 5.82 Å². The molecule has 2 aromatic heterocycles. The van der Waals surface area contributed by atoms with Crippen molar-refractivity contribution in [3.8, 4) is 22.9 Å². The van der Waals surface area contributed by atoms with Crippen LogP contribution in [0.1, 0.15) is 0 Å². The fraction of sp³-hybridized carbons (Fsp3) is 0. The van der Waals surface area contributed by atoms with E-state index in [1.165, 1.54) is 12.3 Å². The Labute approximate surface area is 142 Å². The summed E-state index contributed by atoms with van der Waals surface area (Å²) in [7, 11) is 0. The molecule has 2 N–H and O–H groups in total. The summed E-state index contributed by atoms with van der Waals surface area (Å²) in [5.74, 6) is -0.305. The van der Waals surface area contributed by atoms with Gasteiger partial charge in [0, 0.05) is 10.7 Å². The lowest BCUT2D eigenvalue weighted by Crippen LogP contribution is -1.93. The monoisotopic (exact) mass is 402 g/mol. The van der Waals surface area contributed by atoms with Gasteiger partial charge in [-0.2, -0.15) is 0 Å². The van der Waals surface area contributed by atoms with Gasteiger partial charge in [0.2, 0.25) is 0 Å². The van der Waals surface area contributed by atoms with Crippen LogP contribution in [-0.2, 0) is 0 Å². The molecule has 0 aliphatic heterocycles. The van der Waals surface area contributed by atoms with Crippen LogP contribution < -0.4 is 5.73 Å². The zero-order valence-corrected chi connectivity index (χ0v) is 13.7. The van der Waals surface area contributed by atoms with Crippen LogP contribution in [0.2, 0.25) is 10.0 Å². The van der Waals surface area contributed by atoms with Crippen molar-refractivity contribution in [3.63, 3.8) is 0 Å². The predicted molar refractivity (Wildman–Crippen MR) is 85.1 cm³/mol. The van der Waals surface area contributed by atoms with Crippen LogP contribution in [0.25, 0.3) is 22.9 Å². The third kappa shape index (κ3) is 2.67. The third-order valence-corrected chi connectivity index (χ3v) is 3.92. The molecule has 0 aliphatic rings. The van der Waals surface area contributed by atoms with Gasteiger partial charge in [0.05, 0.1) is 21.2 Å². The summed E-state index contributed by atoms with van der Waals surface area (Å²) < 4.78 is 19.8. The molecule has 3 aromatic rings. The van der Waals surface area contributed by atoms with Gasteiger partial charge < -0.3 is 10.2 Å². The van der Waals surface area contributed by atoms with Crippen molar-refractivity contribution in [2.24, 2.45) is 0 Å². The number of rotatable bonds is 2. The van der Waals surface area contributed by atoms with Gasteiger partial charge in [0.25, 0.3) is 11.8 Å². The minimum Gasteiger partial charge on any atom is -0.416 e. The normalized spacial score (nSPS) is 10.9. The SMILES string of the molecule is Nc1ncc(Br)cc1-c1nnc(-c2c(Cl)ccc(F)c2Cl)o1. The average Bonchev–Trinajstić information content (AvgIpc) is 2.95. The Morgan fingerprint density at radius 3 is 2.68 bits per heavy atom. The minimum absolute atomic E-state index is 0.0103. The zero-order valence-electron chi connectivity index (χ0n) is 10.6. The van der Waals surface area contributed by atoms with Gasteiger partial charge in [-0.15, -0.1) is 10.2 Å². The first kappa shape index (κ1) is 15.2. The van der Waals surface area contributed by atoms with Crippen molar-refractivity contribution in [1.82, 2.24) is 15.2 Å². The molecule has 0 saturated heterocycles. The Bertz CT molecular complexity index is 871. The smallest absolute Gasteiger partial charge is 0.251 e. The van der Waals surface area contributed by atoms with E-state index < -0.39 is 5.82 Å². The summed E-state index contributed by atoms with van der Waals surface area (Å²) in [6, 6.07) is 4.19. The van der Waals surface area contributed by atoms with Crippen molar-refractivity contribution in [2.75, 3.05) is 5.73 Å². The Morgan fingerprint density at radius 2 is 1.91 bits per heavy atom. The highest BCUT2D eigenvalue weighted by atomic mass is 79.9. The number of benzene rings is 1. The first-order valence-corrected chi connectivity index (χ1v) is 7.41. The molecule has 5 nitrogen and oxygen atoms in total. The lowest BCUT2D eigenvalue weighted by molar-refractivity contribution is 0.582. The van der Waals surface area contributed by atoms with E-state index in [4.69, 9.17) is 33.4 Å². The third-order valence-electron chi connectivity index (χ3n) is 2.80. The maximum absolute atomic E-state index is 13.6. The molecule has 112 valence electrons. The van der Waals surface area contributed by atoms with Crippen LogP contribution >= 0.6 is 39.1 Å². The number of nitrogen functional groups attached to an aromatic ring is 1. The van der Waals surface area contributed by atoms with Crippen LogP contribution in [0.4, 0.5) is 10.2 Å². The summed E-state index contributed by atoms with van der Waals surface area (Å²) in [5.41, 5.74) is 6.35. The topological polar surface area (TPSA) is 77.8 Å². The Kier molecular flexibility index (Phi) is 4.03. The molecule has 0 spiro atoms. The fourth-order valence-electron chi connectivity index (χ4n) is 1.78. The number of halogens is 4. The molecule has 9 heteroatoms. The number of hydrogen-bond acceptors (Lipinski definition) is 5. The summed E-state index contributed by atoms with van der Waals surface area (Å²) in [5, 5.41) is 7.73. The summed E-state index contributed by atoms with van der Waals surface area (Å²) >= 11 is 15.2. The maximum Gasteiger partial charge on any atom is 0.251 e. The number of aromatic nitrogens is 3. The lowest BCUT2D eigenvalue weighted by Gasteiger charge is -2.03. The Balaban J connectivity index is 2.13. The van der Waals surface area contributed by atoms with Crippen molar-refractivity contribution in [2.45, 2.75) is 0 Å². The quantitative estimate of drug-likeness (QED) is 0.633. The van der Waals surface area contributed by atoms with Crippen LogP contribution in [0.15, 0.2) is 33.3 Å². The van der Waals surface area contributed by atoms with E-state index in [1.54, 1.807) is 6.07 Å². The first-order chi connectivity index (χ1) is 10.5. The Morgan fingerprint density at radius 1 is 1.18 bits per heavy atom. The van der Waals surface area contributed by atoms with Crippen LogP contribution in [-0.4, -0.2) is 15.2 Å². The van der Waals surface area contributed by atoms with Crippen molar-refractivity contribution in [3.05, 3.63) is 44.7 Å². The average molecular weight is 404 g/mol. The lowest BCUT2D eigenvalue weighted by atomic mass is 10.2. The minimum atomic E-state index is -0.635. The predicted octanol–water partition coefficient (Wildman–Crippen LogP) is 4.59. The van der Waals surface area contributed by atoms with Gasteiger partial charge in [-0.05, 0) is 34.1 Å². The second-order valence-electron chi connectivity index (χ2n) is 4.22. The summed E-state index contributed by atoms with van der Waals surface area (Å²) in [6.45, 7) is 0. The van der Waals surface area contributed by atoms with Crippen LogP contribution in [0.3, 0.4) is 0 Å². The number of nitrogens with two attached hydrogens (primary N) is 1. The first-order valence-electron chi connectivity index (χ1n) is 5.86.